The molecule has 1 aliphatic rings. The van der Waals surface area contributed by atoms with Crippen LogP contribution in [0, 0.1) is 0 Å². The highest BCUT2D eigenvalue weighted by atomic mass is 35.5. The zero-order chi connectivity index (χ0) is 20.2. The van der Waals surface area contributed by atoms with E-state index >= 15 is 0 Å². The number of para-hydroxylation sites is 2. The Morgan fingerprint density at radius 2 is 2.03 bits per heavy atom. The van der Waals surface area contributed by atoms with Crippen molar-refractivity contribution in [1.29, 1.82) is 0 Å². The third-order valence-corrected chi connectivity index (χ3v) is 4.89. The summed E-state index contributed by atoms with van der Waals surface area (Å²) in [5.41, 5.74) is 2.26. The minimum atomic E-state index is -0.272. The van der Waals surface area contributed by atoms with E-state index in [9.17, 15) is 9.59 Å². The average molecular weight is 414 g/mol. The Labute approximate surface area is 172 Å². The van der Waals surface area contributed by atoms with E-state index in [2.05, 4.69) is 15.3 Å². The van der Waals surface area contributed by atoms with Gasteiger partial charge in [-0.25, -0.2) is 4.98 Å². The van der Waals surface area contributed by atoms with Crippen molar-refractivity contribution in [3.8, 4) is 11.5 Å². The molecule has 2 aromatic carbocycles. The molecule has 4 rings (SSSR count). The minimum Gasteiger partial charge on any atom is -0.489 e. The van der Waals surface area contributed by atoms with E-state index in [0.29, 0.717) is 53.0 Å². The molecule has 1 aliphatic heterocycles. The molecule has 29 heavy (non-hydrogen) atoms. The molecule has 8 heteroatoms. The SMILES string of the molecule is O=C(CCc1nc2ccccc2[nH]c1=O)NCc1cc(Cl)c2c(c1)OCCCO2. The van der Waals surface area contributed by atoms with E-state index in [-0.39, 0.29) is 24.3 Å². The number of nitrogens with one attached hydrogen (secondary N) is 2. The summed E-state index contributed by atoms with van der Waals surface area (Å²) in [5, 5.41) is 3.30. The summed E-state index contributed by atoms with van der Waals surface area (Å²) in [6.45, 7) is 1.42. The van der Waals surface area contributed by atoms with Gasteiger partial charge in [0, 0.05) is 25.8 Å². The summed E-state index contributed by atoms with van der Waals surface area (Å²) in [7, 11) is 0. The fourth-order valence-electron chi connectivity index (χ4n) is 3.14. The first-order valence-electron chi connectivity index (χ1n) is 9.43. The molecule has 1 aromatic heterocycles. The molecule has 0 fully saturated rings. The zero-order valence-corrected chi connectivity index (χ0v) is 16.4. The lowest BCUT2D eigenvalue weighted by molar-refractivity contribution is -0.121. The number of aryl methyl sites for hydroxylation is 1. The first-order valence-corrected chi connectivity index (χ1v) is 9.80. The first-order chi connectivity index (χ1) is 14.1. The van der Waals surface area contributed by atoms with Crippen LogP contribution in [0.3, 0.4) is 0 Å². The Morgan fingerprint density at radius 3 is 2.93 bits per heavy atom. The van der Waals surface area contributed by atoms with Crippen molar-refractivity contribution < 1.29 is 14.3 Å². The van der Waals surface area contributed by atoms with Crippen molar-refractivity contribution in [1.82, 2.24) is 15.3 Å². The van der Waals surface area contributed by atoms with Gasteiger partial charge in [0.25, 0.3) is 5.56 Å². The first kappa shape index (κ1) is 19.3. The molecule has 3 aromatic rings. The number of amides is 1. The summed E-state index contributed by atoms with van der Waals surface area (Å²) in [6.07, 6.45) is 1.21. The van der Waals surface area contributed by atoms with Gasteiger partial charge >= 0.3 is 0 Å². The zero-order valence-electron chi connectivity index (χ0n) is 15.7. The molecule has 0 unspecified atom stereocenters. The molecule has 2 N–H and O–H groups in total. The number of nitrogens with zero attached hydrogens (tertiary/aromatic N) is 1. The number of aromatic nitrogens is 2. The standard InChI is InChI=1S/C21H20ClN3O4/c22-14-10-13(11-18-20(14)29-9-3-8-28-18)12-23-19(26)7-6-17-21(27)25-16-5-2-1-4-15(16)24-17/h1-2,4-5,10-11H,3,6-9,12H2,(H,23,26)(H,25,27). The van der Waals surface area contributed by atoms with Gasteiger partial charge in [0.15, 0.2) is 11.5 Å². The molecule has 0 saturated carbocycles. The molecule has 150 valence electrons. The number of H-pyrrole nitrogens is 1. The van der Waals surface area contributed by atoms with E-state index in [1.165, 1.54) is 0 Å². The van der Waals surface area contributed by atoms with Gasteiger partial charge in [-0.3, -0.25) is 9.59 Å². The molecule has 0 saturated heterocycles. The fraction of sp³-hybridized carbons (Fsp3) is 0.286. The normalized spacial score (nSPS) is 13.1. The van der Waals surface area contributed by atoms with Crippen LogP contribution in [0.1, 0.15) is 24.1 Å². The Kier molecular flexibility index (Phi) is 5.67. The minimum absolute atomic E-state index is 0.159. The number of halogens is 1. The lowest BCUT2D eigenvalue weighted by Crippen LogP contribution is -2.24. The van der Waals surface area contributed by atoms with Crippen LogP contribution < -0.4 is 20.3 Å². The van der Waals surface area contributed by atoms with Gasteiger partial charge in [0.05, 0.1) is 29.3 Å². The molecule has 0 bridgehead atoms. The van der Waals surface area contributed by atoms with Crippen LogP contribution in [0.4, 0.5) is 0 Å². The van der Waals surface area contributed by atoms with E-state index in [1.807, 2.05) is 24.3 Å². The number of hydrogen-bond donors (Lipinski definition) is 2. The molecule has 2 heterocycles. The van der Waals surface area contributed by atoms with Crippen LogP contribution in [-0.2, 0) is 17.8 Å². The Hall–Kier alpha value is -3.06. The third-order valence-electron chi connectivity index (χ3n) is 4.61. The second kappa shape index (κ2) is 8.53. The topological polar surface area (TPSA) is 93.3 Å². The maximum atomic E-state index is 12.3. The average Bonchev–Trinajstić information content (AvgIpc) is 2.96. The van der Waals surface area contributed by atoms with Crippen molar-refractivity contribution in [3.05, 3.63) is 63.0 Å². The lowest BCUT2D eigenvalue weighted by Gasteiger charge is -2.12. The summed E-state index contributed by atoms with van der Waals surface area (Å²) in [4.78, 5) is 31.5. The number of rotatable bonds is 5. The number of ether oxygens (including phenoxy) is 2. The number of aromatic amines is 1. The van der Waals surface area contributed by atoms with Crippen molar-refractivity contribution in [2.24, 2.45) is 0 Å². The lowest BCUT2D eigenvalue weighted by atomic mass is 10.2. The maximum Gasteiger partial charge on any atom is 0.270 e. The van der Waals surface area contributed by atoms with Crippen LogP contribution >= 0.6 is 11.6 Å². The highest BCUT2D eigenvalue weighted by Crippen LogP contribution is 2.37. The van der Waals surface area contributed by atoms with E-state index in [4.69, 9.17) is 21.1 Å². The molecule has 0 atom stereocenters. The Balaban J connectivity index is 1.37. The molecular weight excluding hydrogens is 394 g/mol. The molecule has 1 amide bonds. The molecule has 0 aliphatic carbocycles. The molecule has 7 nitrogen and oxygen atoms in total. The van der Waals surface area contributed by atoms with Gasteiger partial charge in [-0.2, -0.15) is 0 Å². The van der Waals surface area contributed by atoms with Crippen LogP contribution in [0.2, 0.25) is 5.02 Å². The number of benzene rings is 2. The number of hydrogen-bond acceptors (Lipinski definition) is 5. The van der Waals surface area contributed by atoms with E-state index in [1.54, 1.807) is 12.1 Å². The molecule has 0 spiro atoms. The van der Waals surface area contributed by atoms with Crippen molar-refractivity contribution in [2.75, 3.05) is 13.2 Å². The fourth-order valence-corrected chi connectivity index (χ4v) is 3.43. The highest BCUT2D eigenvalue weighted by molar-refractivity contribution is 6.32. The second-order valence-corrected chi connectivity index (χ2v) is 7.17. The smallest absolute Gasteiger partial charge is 0.270 e. The van der Waals surface area contributed by atoms with Gasteiger partial charge in [0.2, 0.25) is 5.91 Å². The van der Waals surface area contributed by atoms with E-state index < -0.39 is 0 Å². The molecular formula is C21H20ClN3O4. The van der Waals surface area contributed by atoms with Crippen LogP contribution in [0.25, 0.3) is 11.0 Å². The molecule has 0 radical (unpaired) electrons. The summed E-state index contributed by atoms with van der Waals surface area (Å²) in [5.74, 6) is 0.953. The number of carbonyl (C=O) groups is 1. The maximum absolute atomic E-state index is 12.3. The summed E-state index contributed by atoms with van der Waals surface area (Å²) in [6, 6.07) is 10.9. The van der Waals surface area contributed by atoms with Crippen LogP contribution in [0.15, 0.2) is 41.2 Å². The van der Waals surface area contributed by atoms with Crippen molar-refractivity contribution >= 4 is 28.5 Å². The third kappa shape index (κ3) is 4.51. The summed E-state index contributed by atoms with van der Waals surface area (Å²) >= 11 is 6.28. The predicted octanol–water partition coefficient (Wildman–Crippen LogP) is 2.99. The second-order valence-electron chi connectivity index (χ2n) is 6.76. The predicted molar refractivity (Wildman–Crippen MR) is 110 cm³/mol. The van der Waals surface area contributed by atoms with E-state index in [0.717, 1.165) is 12.0 Å². The monoisotopic (exact) mass is 413 g/mol. The van der Waals surface area contributed by atoms with Crippen molar-refractivity contribution in [2.45, 2.75) is 25.8 Å². The van der Waals surface area contributed by atoms with Gasteiger partial charge in [-0.1, -0.05) is 23.7 Å². The van der Waals surface area contributed by atoms with Gasteiger partial charge in [-0.05, 0) is 29.8 Å². The van der Waals surface area contributed by atoms with Gasteiger partial charge < -0.3 is 19.8 Å². The van der Waals surface area contributed by atoms with Crippen LogP contribution in [-0.4, -0.2) is 29.1 Å². The number of fused-ring (bicyclic) bond motifs is 2. The number of carbonyl (C=O) groups excluding carboxylic acids is 1. The quantitative estimate of drug-likeness (QED) is 0.670. The Bertz CT molecular complexity index is 1110. The van der Waals surface area contributed by atoms with Crippen LogP contribution in [0.5, 0.6) is 11.5 Å². The largest absolute Gasteiger partial charge is 0.489 e. The highest BCUT2D eigenvalue weighted by Gasteiger charge is 2.16. The van der Waals surface area contributed by atoms with Crippen molar-refractivity contribution in [3.63, 3.8) is 0 Å². The summed E-state index contributed by atoms with van der Waals surface area (Å²) < 4.78 is 11.3. The van der Waals surface area contributed by atoms with Gasteiger partial charge in [0.1, 0.15) is 5.69 Å². The Morgan fingerprint density at radius 1 is 1.21 bits per heavy atom. The van der Waals surface area contributed by atoms with Gasteiger partial charge in [-0.15, -0.1) is 0 Å².